The van der Waals surface area contributed by atoms with Gasteiger partial charge in [-0.25, -0.2) is 0 Å². The van der Waals surface area contributed by atoms with E-state index in [-0.39, 0.29) is 0 Å². The maximum Gasteiger partial charge on any atom is 0.0515 e. The molecule has 0 saturated carbocycles. The summed E-state index contributed by atoms with van der Waals surface area (Å²) in [6.45, 7) is 0.799. The van der Waals surface area contributed by atoms with Crippen molar-refractivity contribution in [3.63, 3.8) is 0 Å². The Morgan fingerprint density at radius 1 is 0.682 bits per heavy atom. The van der Waals surface area contributed by atoms with Crippen LogP contribution < -0.4 is 11.5 Å². The molecule has 4 N–H and O–H groups in total. The Morgan fingerprint density at radius 3 is 1.77 bits per heavy atom. The molecular formula is C19H17N3. The molecule has 0 amide bonds. The standard InChI is InChI=1S/C19H17N3/c20-14-6-8-16-17-9-7-15(21)11-19(17)22(18(16)10-14)12-13-4-2-1-3-5-13/h1-11H,12,20-21H2. The van der Waals surface area contributed by atoms with E-state index in [1.54, 1.807) is 0 Å². The number of nitrogen functional groups attached to an aromatic ring is 2. The number of hydrogen-bond acceptors (Lipinski definition) is 2. The molecule has 3 aromatic carbocycles. The lowest BCUT2D eigenvalue weighted by molar-refractivity contribution is 0.869. The van der Waals surface area contributed by atoms with E-state index < -0.39 is 0 Å². The summed E-state index contributed by atoms with van der Waals surface area (Å²) in [5.74, 6) is 0. The van der Waals surface area contributed by atoms with Crippen LogP contribution in [0.3, 0.4) is 0 Å². The van der Waals surface area contributed by atoms with E-state index >= 15 is 0 Å². The molecule has 0 aliphatic carbocycles. The monoisotopic (exact) mass is 287 g/mol. The third-order valence-corrected chi connectivity index (χ3v) is 4.10. The van der Waals surface area contributed by atoms with Crippen molar-refractivity contribution in [1.82, 2.24) is 4.57 Å². The first-order chi connectivity index (χ1) is 10.7. The third kappa shape index (κ3) is 1.99. The molecule has 3 nitrogen and oxygen atoms in total. The zero-order valence-corrected chi connectivity index (χ0v) is 12.2. The molecule has 0 radical (unpaired) electrons. The molecule has 0 unspecified atom stereocenters. The maximum absolute atomic E-state index is 6.00. The van der Waals surface area contributed by atoms with Crippen molar-refractivity contribution in [2.75, 3.05) is 11.5 Å². The maximum atomic E-state index is 6.00. The number of rotatable bonds is 2. The van der Waals surface area contributed by atoms with Crippen molar-refractivity contribution in [2.45, 2.75) is 6.54 Å². The Morgan fingerprint density at radius 2 is 1.23 bits per heavy atom. The molecule has 0 aliphatic rings. The normalized spacial score (nSPS) is 11.3. The highest BCUT2D eigenvalue weighted by Gasteiger charge is 2.11. The van der Waals surface area contributed by atoms with Crippen molar-refractivity contribution >= 4 is 33.2 Å². The molecule has 0 aliphatic heterocycles. The van der Waals surface area contributed by atoms with E-state index in [0.717, 1.165) is 29.0 Å². The van der Waals surface area contributed by atoms with Gasteiger partial charge in [0.25, 0.3) is 0 Å². The fourth-order valence-corrected chi connectivity index (χ4v) is 3.07. The minimum atomic E-state index is 0.776. The van der Waals surface area contributed by atoms with Crippen LogP contribution in [0.1, 0.15) is 5.56 Å². The summed E-state index contributed by atoms with van der Waals surface area (Å²) in [6.07, 6.45) is 0. The summed E-state index contributed by atoms with van der Waals surface area (Å²) in [6, 6.07) is 22.6. The predicted molar refractivity (Wildman–Crippen MR) is 93.8 cm³/mol. The van der Waals surface area contributed by atoms with E-state index in [1.807, 2.05) is 30.3 Å². The number of hydrogen-bond donors (Lipinski definition) is 2. The van der Waals surface area contributed by atoms with E-state index in [0.29, 0.717) is 0 Å². The molecule has 4 aromatic rings. The summed E-state index contributed by atoms with van der Waals surface area (Å²) >= 11 is 0. The van der Waals surface area contributed by atoms with Crippen molar-refractivity contribution in [2.24, 2.45) is 0 Å². The van der Waals surface area contributed by atoms with Crippen LogP contribution in [0.5, 0.6) is 0 Å². The number of nitrogens with two attached hydrogens (primary N) is 2. The quantitative estimate of drug-likeness (QED) is 0.547. The first kappa shape index (κ1) is 12.8. The number of aromatic nitrogens is 1. The molecule has 1 heterocycles. The second kappa shape index (κ2) is 4.81. The molecular weight excluding hydrogens is 270 g/mol. The van der Waals surface area contributed by atoms with Gasteiger partial charge in [0.15, 0.2) is 0 Å². The van der Waals surface area contributed by atoms with Gasteiger partial charge in [-0.1, -0.05) is 42.5 Å². The van der Waals surface area contributed by atoms with Crippen LogP contribution in [0.2, 0.25) is 0 Å². The summed E-state index contributed by atoms with van der Waals surface area (Å²) in [4.78, 5) is 0. The average molecular weight is 287 g/mol. The topological polar surface area (TPSA) is 57.0 Å². The van der Waals surface area contributed by atoms with Crippen LogP contribution in [0.4, 0.5) is 11.4 Å². The zero-order valence-electron chi connectivity index (χ0n) is 12.2. The summed E-state index contributed by atoms with van der Waals surface area (Å²) in [7, 11) is 0. The molecule has 3 heteroatoms. The van der Waals surface area contributed by atoms with Gasteiger partial charge in [-0.15, -0.1) is 0 Å². The number of anilines is 2. The Bertz CT molecular complexity index is 909. The largest absolute Gasteiger partial charge is 0.399 e. The van der Waals surface area contributed by atoms with Crippen LogP contribution >= 0.6 is 0 Å². The van der Waals surface area contributed by atoms with E-state index in [1.165, 1.54) is 16.3 Å². The molecule has 1 aromatic heterocycles. The molecule has 108 valence electrons. The van der Waals surface area contributed by atoms with Crippen molar-refractivity contribution in [3.05, 3.63) is 72.3 Å². The lowest BCUT2D eigenvalue weighted by Crippen LogP contribution is -2.00. The lowest BCUT2D eigenvalue weighted by Gasteiger charge is -2.08. The van der Waals surface area contributed by atoms with Gasteiger partial charge < -0.3 is 16.0 Å². The van der Waals surface area contributed by atoms with Crippen molar-refractivity contribution in [3.8, 4) is 0 Å². The van der Waals surface area contributed by atoms with Crippen LogP contribution in [0.15, 0.2) is 66.7 Å². The van der Waals surface area contributed by atoms with E-state index in [2.05, 4.69) is 41.0 Å². The second-order valence-corrected chi connectivity index (χ2v) is 5.62. The number of nitrogens with zero attached hydrogens (tertiary/aromatic N) is 1. The first-order valence-corrected chi connectivity index (χ1v) is 7.33. The number of fused-ring (bicyclic) bond motifs is 3. The van der Waals surface area contributed by atoms with Gasteiger partial charge in [-0.3, -0.25) is 0 Å². The van der Waals surface area contributed by atoms with E-state index in [4.69, 9.17) is 11.5 Å². The zero-order chi connectivity index (χ0) is 15.1. The van der Waals surface area contributed by atoms with Gasteiger partial charge >= 0.3 is 0 Å². The van der Waals surface area contributed by atoms with Crippen LogP contribution in [0.25, 0.3) is 21.8 Å². The fraction of sp³-hybridized carbons (Fsp3) is 0.0526. The Kier molecular flexibility index (Phi) is 2.79. The molecule has 4 rings (SSSR count). The summed E-state index contributed by atoms with van der Waals surface area (Å²) in [5.41, 5.74) is 17.1. The van der Waals surface area contributed by atoms with Gasteiger partial charge in [-0.2, -0.15) is 0 Å². The van der Waals surface area contributed by atoms with Crippen LogP contribution in [0, 0.1) is 0 Å². The highest BCUT2D eigenvalue weighted by molar-refractivity contribution is 6.09. The third-order valence-electron chi connectivity index (χ3n) is 4.10. The highest BCUT2D eigenvalue weighted by atomic mass is 15.0. The number of benzene rings is 3. The fourth-order valence-electron chi connectivity index (χ4n) is 3.07. The Hall–Kier alpha value is -2.94. The summed E-state index contributed by atoms with van der Waals surface area (Å²) < 4.78 is 2.28. The van der Waals surface area contributed by atoms with Crippen molar-refractivity contribution in [1.29, 1.82) is 0 Å². The van der Waals surface area contributed by atoms with Crippen molar-refractivity contribution < 1.29 is 0 Å². The van der Waals surface area contributed by atoms with Gasteiger partial charge in [0, 0.05) is 28.7 Å². The van der Waals surface area contributed by atoms with Gasteiger partial charge in [0.05, 0.1) is 11.0 Å². The Labute approximate surface area is 128 Å². The predicted octanol–water partition coefficient (Wildman–Crippen LogP) is 4.01. The second-order valence-electron chi connectivity index (χ2n) is 5.62. The Balaban J connectivity index is 2.04. The minimum Gasteiger partial charge on any atom is -0.399 e. The molecule has 22 heavy (non-hydrogen) atoms. The van der Waals surface area contributed by atoms with Gasteiger partial charge in [-0.05, 0) is 29.8 Å². The first-order valence-electron chi connectivity index (χ1n) is 7.33. The minimum absolute atomic E-state index is 0.776. The van der Waals surface area contributed by atoms with Crippen LogP contribution in [-0.4, -0.2) is 4.57 Å². The molecule has 0 spiro atoms. The molecule has 0 fully saturated rings. The smallest absolute Gasteiger partial charge is 0.0515 e. The lowest BCUT2D eigenvalue weighted by atomic mass is 10.1. The highest BCUT2D eigenvalue weighted by Crippen LogP contribution is 2.32. The van der Waals surface area contributed by atoms with Gasteiger partial charge in [0.2, 0.25) is 0 Å². The average Bonchev–Trinajstić information content (AvgIpc) is 2.81. The van der Waals surface area contributed by atoms with Gasteiger partial charge in [0.1, 0.15) is 0 Å². The summed E-state index contributed by atoms with van der Waals surface area (Å²) in [5, 5.41) is 2.42. The van der Waals surface area contributed by atoms with E-state index in [9.17, 15) is 0 Å². The molecule has 0 bridgehead atoms. The van der Waals surface area contributed by atoms with Crippen LogP contribution in [-0.2, 0) is 6.54 Å². The molecule has 0 atom stereocenters. The SMILES string of the molecule is Nc1ccc2c3ccc(N)cc3n(Cc3ccccc3)c2c1. The molecule has 0 saturated heterocycles.